The van der Waals surface area contributed by atoms with Crippen LogP contribution in [-0.4, -0.2) is 22.0 Å². The summed E-state index contributed by atoms with van der Waals surface area (Å²) in [6.45, 7) is 0. The Morgan fingerprint density at radius 2 is 2.28 bits per heavy atom. The lowest BCUT2D eigenvalue weighted by Gasteiger charge is -2.25. The van der Waals surface area contributed by atoms with E-state index >= 15 is 0 Å². The summed E-state index contributed by atoms with van der Waals surface area (Å²) in [5, 5.41) is 6.25. The number of fused-ring (bicyclic) bond motifs is 1. The maximum absolute atomic E-state index is 12.7. The topological polar surface area (TPSA) is 71.4 Å². The van der Waals surface area contributed by atoms with Gasteiger partial charge in [0.05, 0.1) is 17.6 Å². The van der Waals surface area contributed by atoms with Crippen molar-refractivity contribution < 1.29 is 9.78 Å². The van der Waals surface area contributed by atoms with Crippen molar-refractivity contribution in [1.29, 1.82) is 0 Å². The first kappa shape index (κ1) is 15.1. The lowest BCUT2D eigenvalue weighted by Crippen LogP contribution is -2.37. The normalized spacial score (nSPS) is 18.1. The summed E-state index contributed by atoms with van der Waals surface area (Å²) in [6, 6.07) is 7.64. The molecule has 2 aliphatic heterocycles. The van der Waals surface area contributed by atoms with Crippen LogP contribution in [0.25, 0.3) is 0 Å². The van der Waals surface area contributed by atoms with E-state index in [0.717, 1.165) is 17.7 Å². The molecular formula is C19H18N5O+. The van der Waals surface area contributed by atoms with Gasteiger partial charge in [-0.3, -0.25) is 9.78 Å². The molecule has 1 amide bonds. The summed E-state index contributed by atoms with van der Waals surface area (Å²) in [4.78, 5) is 21.9. The van der Waals surface area contributed by atoms with Gasteiger partial charge in [-0.05, 0) is 30.4 Å². The van der Waals surface area contributed by atoms with Crippen molar-refractivity contribution >= 4 is 11.6 Å². The second-order valence-electron chi connectivity index (χ2n) is 5.84. The average Bonchev–Trinajstić information content (AvgIpc) is 3.02. The van der Waals surface area contributed by atoms with E-state index in [9.17, 15) is 4.79 Å². The van der Waals surface area contributed by atoms with Crippen LogP contribution in [0.2, 0.25) is 0 Å². The van der Waals surface area contributed by atoms with Gasteiger partial charge in [0, 0.05) is 30.4 Å². The summed E-state index contributed by atoms with van der Waals surface area (Å²) in [5.74, 6) is -0.171. The average molecular weight is 332 g/mol. The maximum Gasteiger partial charge on any atom is 0.274 e. The molecule has 6 heteroatoms. The van der Waals surface area contributed by atoms with Crippen LogP contribution in [-0.2, 0) is 11.2 Å². The van der Waals surface area contributed by atoms with Crippen molar-refractivity contribution in [3.63, 3.8) is 0 Å². The van der Waals surface area contributed by atoms with Gasteiger partial charge in [0.25, 0.3) is 5.91 Å². The van der Waals surface area contributed by atoms with E-state index in [1.54, 1.807) is 18.5 Å². The van der Waals surface area contributed by atoms with Crippen LogP contribution in [0.1, 0.15) is 5.56 Å². The van der Waals surface area contributed by atoms with Gasteiger partial charge in [0.2, 0.25) is 0 Å². The number of hydrogen-bond acceptors (Lipinski definition) is 4. The fraction of sp³-hybridized carbons (Fsp3) is 0.105. The number of aromatic nitrogens is 2. The zero-order valence-corrected chi connectivity index (χ0v) is 13.5. The van der Waals surface area contributed by atoms with Crippen molar-refractivity contribution in [2.75, 3.05) is 5.32 Å². The molecule has 0 radical (unpaired) electrons. The number of aromatic amines is 1. The van der Waals surface area contributed by atoms with Crippen molar-refractivity contribution in [3.05, 3.63) is 90.4 Å². The second-order valence-corrected chi connectivity index (χ2v) is 5.84. The summed E-state index contributed by atoms with van der Waals surface area (Å²) < 4.78 is 0. The Balaban J connectivity index is 1.56. The van der Waals surface area contributed by atoms with Crippen LogP contribution in [0.15, 0.2) is 84.9 Å². The smallest absolute Gasteiger partial charge is 0.274 e. The number of pyridine rings is 2. The van der Waals surface area contributed by atoms with Crippen molar-refractivity contribution in [2.24, 2.45) is 0 Å². The number of amides is 1. The summed E-state index contributed by atoms with van der Waals surface area (Å²) >= 11 is 0. The Morgan fingerprint density at radius 1 is 1.32 bits per heavy atom. The Bertz CT molecular complexity index is 858. The van der Waals surface area contributed by atoms with Crippen LogP contribution < -0.4 is 15.6 Å². The number of nitrogens with zero attached hydrogens (tertiary/aromatic N) is 2. The quantitative estimate of drug-likeness (QED) is 0.892. The zero-order valence-electron chi connectivity index (χ0n) is 13.5. The van der Waals surface area contributed by atoms with Crippen molar-refractivity contribution in [2.45, 2.75) is 12.6 Å². The third kappa shape index (κ3) is 3.14. The molecule has 0 saturated carbocycles. The highest BCUT2D eigenvalue weighted by molar-refractivity contribution is 6.04. The van der Waals surface area contributed by atoms with Crippen LogP contribution >= 0.6 is 0 Å². The first-order valence-electron chi connectivity index (χ1n) is 8.12. The second kappa shape index (κ2) is 6.60. The van der Waals surface area contributed by atoms with Crippen molar-refractivity contribution in [3.8, 4) is 0 Å². The summed E-state index contributed by atoms with van der Waals surface area (Å²) in [6.07, 6.45) is 15.7. The van der Waals surface area contributed by atoms with Crippen molar-refractivity contribution in [1.82, 2.24) is 15.2 Å². The molecule has 0 bridgehead atoms. The minimum absolute atomic E-state index is 0.0124. The monoisotopic (exact) mass is 332 g/mol. The molecule has 2 aromatic heterocycles. The molecule has 0 fully saturated rings. The Morgan fingerprint density at radius 3 is 3.08 bits per heavy atom. The first-order valence-corrected chi connectivity index (χ1v) is 8.12. The number of H-pyrrole nitrogens is 1. The molecule has 0 aliphatic carbocycles. The predicted molar refractivity (Wildman–Crippen MR) is 93.6 cm³/mol. The van der Waals surface area contributed by atoms with E-state index in [4.69, 9.17) is 0 Å². The Labute approximate surface area is 145 Å². The van der Waals surface area contributed by atoms with Crippen LogP contribution in [0.3, 0.4) is 0 Å². The van der Waals surface area contributed by atoms with Gasteiger partial charge in [0.15, 0.2) is 12.4 Å². The van der Waals surface area contributed by atoms with Gasteiger partial charge in [0.1, 0.15) is 11.9 Å². The number of rotatable bonds is 4. The van der Waals surface area contributed by atoms with Gasteiger partial charge < -0.3 is 15.5 Å². The molecule has 0 spiro atoms. The Hall–Kier alpha value is -3.41. The van der Waals surface area contributed by atoms with E-state index in [-0.39, 0.29) is 12.1 Å². The third-order valence-corrected chi connectivity index (χ3v) is 4.14. The van der Waals surface area contributed by atoms with E-state index in [1.807, 2.05) is 49.0 Å². The van der Waals surface area contributed by atoms with E-state index in [1.165, 1.54) is 0 Å². The first-order chi connectivity index (χ1) is 12.3. The minimum Gasteiger partial charge on any atom is -0.358 e. The van der Waals surface area contributed by atoms with Gasteiger partial charge in [-0.25, -0.2) is 4.98 Å². The predicted octanol–water partition coefficient (Wildman–Crippen LogP) is 1.60. The number of carbonyl (C=O) groups excluding carboxylic acids is 1. The number of anilines is 1. The minimum atomic E-state index is -0.171. The molecule has 124 valence electrons. The highest BCUT2D eigenvalue weighted by Crippen LogP contribution is 2.27. The molecule has 4 rings (SSSR count). The summed E-state index contributed by atoms with van der Waals surface area (Å²) in [7, 11) is 0. The van der Waals surface area contributed by atoms with E-state index in [2.05, 4.69) is 31.6 Å². The van der Waals surface area contributed by atoms with Gasteiger partial charge in [-0.15, -0.1) is 0 Å². The Kier molecular flexibility index (Phi) is 4.00. The molecule has 0 aromatic carbocycles. The fourth-order valence-electron chi connectivity index (χ4n) is 2.99. The van der Waals surface area contributed by atoms with Gasteiger partial charge >= 0.3 is 0 Å². The zero-order chi connectivity index (χ0) is 17.1. The molecular weight excluding hydrogens is 314 g/mol. The summed E-state index contributed by atoms with van der Waals surface area (Å²) in [5.41, 5.74) is 3.27. The third-order valence-electron chi connectivity index (χ3n) is 4.14. The van der Waals surface area contributed by atoms with Gasteiger partial charge in [-0.1, -0.05) is 6.08 Å². The highest BCUT2D eigenvalue weighted by Gasteiger charge is 2.33. The fourth-order valence-corrected chi connectivity index (χ4v) is 2.99. The van der Waals surface area contributed by atoms with Crippen LogP contribution in [0, 0.1) is 0 Å². The molecule has 3 N–H and O–H groups in total. The van der Waals surface area contributed by atoms with Gasteiger partial charge in [-0.2, -0.15) is 0 Å². The lowest BCUT2D eigenvalue weighted by atomic mass is 10.1. The maximum atomic E-state index is 12.7. The largest absolute Gasteiger partial charge is 0.358 e. The molecule has 2 aliphatic rings. The van der Waals surface area contributed by atoms with E-state index < -0.39 is 0 Å². The van der Waals surface area contributed by atoms with Crippen LogP contribution in [0.5, 0.6) is 0 Å². The standard InChI is InChI=1S/C19H17N5O/c25-19(22-15-6-4-9-21-13-15)18-16-7-1-2-10-24(16)17(23-18)11-14-5-3-8-20-12-14/h1-10,12-13,17,23H,11H2,(H,22,25)/p+1. The molecule has 1 atom stereocenters. The number of hydrogen-bond donors (Lipinski definition) is 2. The molecule has 1 unspecified atom stereocenters. The molecule has 4 heterocycles. The van der Waals surface area contributed by atoms with E-state index in [0.29, 0.717) is 11.4 Å². The molecule has 25 heavy (non-hydrogen) atoms. The molecule has 2 aromatic rings. The lowest BCUT2D eigenvalue weighted by molar-refractivity contribution is -0.378. The van der Waals surface area contributed by atoms with Crippen LogP contribution in [0.4, 0.5) is 5.69 Å². The highest BCUT2D eigenvalue weighted by atomic mass is 16.2. The molecule has 0 saturated heterocycles. The number of nitrogens with one attached hydrogen (secondary N) is 3. The molecule has 6 nitrogen and oxygen atoms in total. The number of allylic oxidation sites excluding steroid dienone is 3. The number of carbonyl (C=O) groups is 1. The SMILES string of the molecule is O=C(Nc1cccnc1)C1=C2C=CC=CN2C(Cc2ccc[nH+]c2)N1.